The molecule has 1 amide bonds. The van der Waals surface area contributed by atoms with Gasteiger partial charge in [-0.2, -0.15) is 0 Å². The number of fused-ring (bicyclic) bond motifs is 1. The van der Waals surface area contributed by atoms with E-state index in [-0.39, 0.29) is 24.3 Å². The molecule has 1 heterocycles. The highest BCUT2D eigenvalue weighted by Gasteiger charge is 2.17. The van der Waals surface area contributed by atoms with Crippen LogP contribution < -0.4 is 25.7 Å². The summed E-state index contributed by atoms with van der Waals surface area (Å²) in [7, 11) is 3.03. The smallest absolute Gasteiger partial charge is 0.256 e. The fraction of sp³-hybridized carbons (Fsp3) is 0.185. The van der Waals surface area contributed by atoms with Crippen LogP contribution in [0.3, 0.4) is 0 Å². The van der Waals surface area contributed by atoms with E-state index < -0.39 is 11.7 Å². The van der Waals surface area contributed by atoms with E-state index in [0.717, 1.165) is 11.3 Å². The molecule has 7 nitrogen and oxygen atoms in total. The van der Waals surface area contributed by atoms with Gasteiger partial charge < -0.3 is 20.1 Å². The van der Waals surface area contributed by atoms with Crippen molar-refractivity contribution >= 4 is 28.2 Å². The maximum Gasteiger partial charge on any atom is 0.256 e. The second kappa shape index (κ2) is 10.3. The third kappa shape index (κ3) is 5.27. The summed E-state index contributed by atoms with van der Waals surface area (Å²) in [4.78, 5) is 26.3. The van der Waals surface area contributed by atoms with Gasteiger partial charge >= 0.3 is 0 Å². The van der Waals surface area contributed by atoms with Crippen molar-refractivity contribution in [3.8, 4) is 11.5 Å². The molecule has 4 aromatic rings. The molecule has 0 saturated carbocycles. The van der Waals surface area contributed by atoms with Crippen LogP contribution in [0.4, 0.5) is 15.8 Å². The Kier molecular flexibility index (Phi) is 7.01. The molecule has 0 radical (unpaired) electrons. The van der Waals surface area contributed by atoms with Crippen molar-refractivity contribution in [2.75, 3.05) is 24.9 Å². The first-order valence-electron chi connectivity index (χ1n) is 11.0. The molecule has 0 unspecified atom stereocenters. The number of halogens is 1. The number of hydrogen-bond acceptors (Lipinski definition) is 5. The van der Waals surface area contributed by atoms with Gasteiger partial charge in [-0.15, -0.1) is 0 Å². The lowest BCUT2D eigenvalue weighted by Crippen LogP contribution is -2.31. The molecule has 0 aliphatic rings. The third-order valence-electron chi connectivity index (χ3n) is 5.66. The first kappa shape index (κ1) is 23.8. The quantitative estimate of drug-likeness (QED) is 0.386. The Labute approximate surface area is 202 Å². The Balaban J connectivity index is 1.73. The van der Waals surface area contributed by atoms with E-state index in [1.54, 1.807) is 24.3 Å². The number of aryl methyl sites for hydroxylation is 1. The summed E-state index contributed by atoms with van der Waals surface area (Å²) in [6.45, 7) is 1.94. The number of pyridine rings is 1. The Morgan fingerprint density at radius 3 is 2.34 bits per heavy atom. The van der Waals surface area contributed by atoms with Crippen LogP contribution in [0.25, 0.3) is 10.9 Å². The molecule has 3 aromatic carbocycles. The minimum atomic E-state index is -0.555. The summed E-state index contributed by atoms with van der Waals surface area (Å²) < 4.78 is 26.2. The fourth-order valence-corrected chi connectivity index (χ4v) is 3.81. The van der Waals surface area contributed by atoms with Crippen LogP contribution in [-0.4, -0.2) is 24.7 Å². The zero-order valence-corrected chi connectivity index (χ0v) is 19.7. The summed E-state index contributed by atoms with van der Waals surface area (Å²) >= 11 is 0. The molecule has 1 aromatic heterocycles. The SMILES string of the molecule is COc1cc2cc(CNc3ccc(C)cc3)c(=O)n(CC(=O)Nc3ccccc3F)c2cc1OC. The van der Waals surface area contributed by atoms with E-state index in [0.29, 0.717) is 28.0 Å². The van der Waals surface area contributed by atoms with E-state index >= 15 is 0 Å². The number of benzene rings is 3. The molecule has 0 saturated heterocycles. The van der Waals surface area contributed by atoms with Crippen LogP contribution in [0.5, 0.6) is 11.5 Å². The highest BCUT2D eigenvalue weighted by Crippen LogP contribution is 2.32. The minimum Gasteiger partial charge on any atom is -0.493 e. The summed E-state index contributed by atoms with van der Waals surface area (Å²) in [6.07, 6.45) is 0. The molecule has 180 valence electrons. The Hall–Kier alpha value is -4.33. The van der Waals surface area contributed by atoms with Gasteiger partial charge in [0.15, 0.2) is 11.5 Å². The van der Waals surface area contributed by atoms with Gasteiger partial charge in [-0.1, -0.05) is 29.8 Å². The number of methoxy groups -OCH3 is 2. The molecule has 0 bridgehead atoms. The zero-order chi connectivity index (χ0) is 24.9. The number of nitrogens with one attached hydrogen (secondary N) is 2. The van der Waals surface area contributed by atoms with Crippen molar-refractivity contribution < 1.29 is 18.7 Å². The maximum atomic E-state index is 14.0. The lowest BCUT2D eigenvalue weighted by Gasteiger charge is -2.16. The topological polar surface area (TPSA) is 81.6 Å². The van der Waals surface area contributed by atoms with Crippen LogP contribution in [0.1, 0.15) is 11.1 Å². The van der Waals surface area contributed by atoms with Gasteiger partial charge in [0, 0.05) is 29.2 Å². The molecule has 0 aliphatic heterocycles. The Morgan fingerprint density at radius 2 is 1.66 bits per heavy atom. The predicted molar refractivity (Wildman–Crippen MR) is 135 cm³/mol. The number of hydrogen-bond donors (Lipinski definition) is 2. The summed E-state index contributed by atoms with van der Waals surface area (Å²) in [6, 6.07) is 18.9. The molecule has 0 aliphatic carbocycles. The van der Waals surface area contributed by atoms with E-state index in [4.69, 9.17) is 9.47 Å². The second-order valence-corrected chi connectivity index (χ2v) is 8.07. The molecule has 0 spiro atoms. The van der Waals surface area contributed by atoms with Crippen molar-refractivity contribution in [3.05, 3.63) is 94.0 Å². The number of nitrogens with zero attached hydrogens (tertiary/aromatic N) is 1. The summed E-state index contributed by atoms with van der Waals surface area (Å²) in [5.74, 6) is -0.163. The lowest BCUT2D eigenvalue weighted by molar-refractivity contribution is -0.116. The maximum absolute atomic E-state index is 14.0. The summed E-state index contributed by atoms with van der Waals surface area (Å²) in [5.41, 5.74) is 2.66. The van der Waals surface area contributed by atoms with Crippen LogP contribution in [0.2, 0.25) is 0 Å². The third-order valence-corrected chi connectivity index (χ3v) is 5.66. The molecular formula is C27H26FN3O4. The first-order chi connectivity index (χ1) is 16.9. The van der Waals surface area contributed by atoms with Gasteiger partial charge in [-0.25, -0.2) is 4.39 Å². The normalized spacial score (nSPS) is 10.7. The number of aromatic nitrogens is 1. The van der Waals surface area contributed by atoms with Gasteiger partial charge in [-0.3, -0.25) is 14.2 Å². The van der Waals surface area contributed by atoms with Gasteiger partial charge in [0.2, 0.25) is 5.91 Å². The van der Waals surface area contributed by atoms with E-state index in [1.807, 2.05) is 31.2 Å². The molecule has 4 rings (SSSR count). The average Bonchev–Trinajstić information content (AvgIpc) is 2.86. The molecular weight excluding hydrogens is 449 g/mol. The van der Waals surface area contributed by atoms with Crippen molar-refractivity contribution in [3.63, 3.8) is 0 Å². The van der Waals surface area contributed by atoms with Gasteiger partial charge in [0.25, 0.3) is 5.56 Å². The molecule has 2 N–H and O–H groups in total. The van der Waals surface area contributed by atoms with E-state index in [9.17, 15) is 14.0 Å². The van der Waals surface area contributed by atoms with Crippen LogP contribution >= 0.6 is 0 Å². The van der Waals surface area contributed by atoms with Crippen molar-refractivity contribution in [2.45, 2.75) is 20.0 Å². The predicted octanol–water partition coefficient (Wildman–Crippen LogP) is 4.72. The van der Waals surface area contributed by atoms with Crippen LogP contribution in [-0.2, 0) is 17.9 Å². The van der Waals surface area contributed by atoms with Crippen LogP contribution in [0.15, 0.2) is 71.5 Å². The number of rotatable bonds is 8. The Morgan fingerprint density at radius 1 is 0.971 bits per heavy atom. The Bertz CT molecular complexity index is 1430. The molecule has 8 heteroatoms. The minimum absolute atomic E-state index is 0.0475. The summed E-state index contributed by atoms with van der Waals surface area (Å²) in [5, 5.41) is 6.49. The van der Waals surface area contributed by atoms with Crippen molar-refractivity contribution in [1.29, 1.82) is 0 Å². The second-order valence-electron chi connectivity index (χ2n) is 8.07. The number of anilines is 2. The monoisotopic (exact) mass is 475 g/mol. The zero-order valence-electron chi connectivity index (χ0n) is 19.7. The van der Waals surface area contributed by atoms with E-state index in [2.05, 4.69) is 10.6 Å². The van der Waals surface area contributed by atoms with Crippen molar-refractivity contribution in [2.24, 2.45) is 0 Å². The van der Waals surface area contributed by atoms with Gasteiger partial charge in [0.05, 0.1) is 25.4 Å². The number of amides is 1. The highest BCUT2D eigenvalue weighted by molar-refractivity contribution is 5.92. The van der Waals surface area contributed by atoms with Crippen LogP contribution in [0, 0.1) is 12.7 Å². The lowest BCUT2D eigenvalue weighted by atomic mass is 10.1. The highest BCUT2D eigenvalue weighted by atomic mass is 19.1. The molecule has 35 heavy (non-hydrogen) atoms. The first-order valence-corrected chi connectivity index (χ1v) is 11.0. The average molecular weight is 476 g/mol. The largest absolute Gasteiger partial charge is 0.493 e. The van der Waals surface area contributed by atoms with Gasteiger partial charge in [-0.05, 0) is 43.3 Å². The molecule has 0 fully saturated rings. The fourth-order valence-electron chi connectivity index (χ4n) is 3.81. The number of para-hydroxylation sites is 1. The number of carbonyl (C=O) groups is 1. The number of carbonyl (C=O) groups excluding carboxylic acids is 1. The molecule has 0 atom stereocenters. The van der Waals surface area contributed by atoms with Gasteiger partial charge in [0.1, 0.15) is 12.4 Å². The number of ether oxygens (including phenoxy) is 2. The van der Waals surface area contributed by atoms with E-state index in [1.165, 1.54) is 37.0 Å². The van der Waals surface area contributed by atoms with Crippen molar-refractivity contribution in [1.82, 2.24) is 4.57 Å². The standard InChI is InChI=1S/C27H26FN3O4/c1-17-8-10-20(11-9-17)29-15-19-12-18-13-24(34-2)25(35-3)14-23(18)31(27(19)33)16-26(32)30-22-7-5-4-6-21(22)28/h4-14,29H,15-16H2,1-3H3,(H,30,32).